The molecule has 1 N–H and O–H groups in total. The molecule has 26 heavy (non-hydrogen) atoms. The van der Waals surface area contributed by atoms with Gasteiger partial charge in [0.05, 0.1) is 37.3 Å². The summed E-state index contributed by atoms with van der Waals surface area (Å²) in [6.07, 6.45) is 1.32. The Bertz CT molecular complexity index is 1000. The van der Waals surface area contributed by atoms with Crippen LogP contribution in [0.15, 0.2) is 51.9 Å². The quantitative estimate of drug-likeness (QED) is 0.685. The number of aliphatic hydroxyl groups excluding tert-OH is 1. The highest BCUT2D eigenvalue weighted by atomic mass is 16.5. The number of hydrogen-bond donors (Lipinski definition) is 1. The summed E-state index contributed by atoms with van der Waals surface area (Å²) < 4.78 is 16.1. The minimum Gasteiger partial charge on any atom is -0.497 e. The molecule has 1 aromatic heterocycles. The van der Waals surface area contributed by atoms with Crippen LogP contribution in [0.3, 0.4) is 0 Å². The molecule has 0 radical (unpaired) electrons. The van der Waals surface area contributed by atoms with E-state index in [-0.39, 0.29) is 41.1 Å². The lowest BCUT2D eigenvalue weighted by atomic mass is 10.0. The first-order chi connectivity index (χ1) is 12.6. The monoisotopic (exact) mass is 354 g/mol. The molecule has 0 unspecified atom stereocenters. The maximum absolute atomic E-state index is 12.9. The summed E-state index contributed by atoms with van der Waals surface area (Å²) in [5.41, 5.74) is 1.35. The predicted molar refractivity (Wildman–Crippen MR) is 97.1 cm³/mol. The van der Waals surface area contributed by atoms with Crippen LogP contribution >= 0.6 is 0 Å². The van der Waals surface area contributed by atoms with E-state index >= 15 is 0 Å². The van der Waals surface area contributed by atoms with Gasteiger partial charge in [0.2, 0.25) is 5.43 Å². The van der Waals surface area contributed by atoms with Gasteiger partial charge in [-0.15, -0.1) is 0 Å². The van der Waals surface area contributed by atoms with Crippen LogP contribution in [0.25, 0.3) is 22.1 Å². The van der Waals surface area contributed by atoms with E-state index in [1.165, 1.54) is 19.4 Å². The molecule has 6 nitrogen and oxygen atoms in total. The number of benzene rings is 2. The topological polar surface area (TPSA) is 86.0 Å². The second-order valence-corrected chi connectivity index (χ2v) is 5.63. The lowest BCUT2D eigenvalue weighted by Gasteiger charge is -2.10. The molecule has 0 saturated carbocycles. The predicted octanol–water partition coefficient (Wildman–Crippen LogP) is 3.04. The first-order valence-corrected chi connectivity index (χ1v) is 8.01. The molecule has 0 aliphatic carbocycles. The van der Waals surface area contributed by atoms with Gasteiger partial charge < -0.3 is 19.0 Å². The lowest BCUT2D eigenvalue weighted by molar-refractivity contribution is 0.0953. The Balaban J connectivity index is 2.16. The van der Waals surface area contributed by atoms with E-state index < -0.39 is 0 Å². The van der Waals surface area contributed by atoms with Crippen molar-refractivity contribution in [3.63, 3.8) is 0 Å². The summed E-state index contributed by atoms with van der Waals surface area (Å²) in [5.74, 6) is 0.597. The standard InChI is InChI=1S/C20H18O6/c1-24-13-5-3-12(4-6-13)16-11-26-20-15(18(16)23)8-7-14(19(20)25-2)17(22)9-10-21/h3-8,11,21H,9-10H2,1-2H3. The van der Waals surface area contributed by atoms with Crippen LogP contribution in [0.4, 0.5) is 0 Å². The van der Waals surface area contributed by atoms with Crippen LogP contribution in [0.5, 0.6) is 11.5 Å². The fourth-order valence-corrected chi connectivity index (χ4v) is 2.80. The highest BCUT2D eigenvalue weighted by molar-refractivity contribution is 6.03. The van der Waals surface area contributed by atoms with Crippen molar-refractivity contribution in [2.45, 2.75) is 6.42 Å². The average molecular weight is 354 g/mol. The number of hydrogen-bond acceptors (Lipinski definition) is 6. The molecule has 0 aliphatic rings. The summed E-state index contributed by atoms with van der Waals surface area (Å²) in [7, 11) is 2.98. The zero-order valence-corrected chi connectivity index (χ0v) is 14.4. The van der Waals surface area contributed by atoms with Crippen molar-refractivity contribution in [1.82, 2.24) is 0 Å². The van der Waals surface area contributed by atoms with E-state index in [9.17, 15) is 9.59 Å². The van der Waals surface area contributed by atoms with Crippen LogP contribution in [-0.2, 0) is 0 Å². The molecular weight excluding hydrogens is 336 g/mol. The van der Waals surface area contributed by atoms with E-state index in [1.807, 2.05) is 0 Å². The second kappa shape index (κ2) is 7.41. The molecule has 0 amide bonds. The first-order valence-electron chi connectivity index (χ1n) is 8.01. The molecule has 0 fully saturated rings. The number of Topliss-reactive ketones (excluding diaryl/α,β-unsaturated/α-hetero) is 1. The molecule has 0 bridgehead atoms. The van der Waals surface area contributed by atoms with Gasteiger partial charge in [-0.2, -0.15) is 0 Å². The van der Waals surface area contributed by atoms with Crippen molar-refractivity contribution in [3.05, 3.63) is 58.4 Å². The maximum Gasteiger partial charge on any atom is 0.200 e. The second-order valence-electron chi connectivity index (χ2n) is 5.63. The summed E-state index contributed by atoms with van der Waals surface area (Å²) in [6.45, 7) is -0.264. The minimum atomic E-state index is -0.284. The summed E-state index contributed by atoms with van der Waals surface area (Å²) in [4.78, 5) is 25.0. The summed E-state index contributed by atoms with van der Waals surface area (Å²) in [5, 5.41) is 9.29. The molecular formula is C20H18O6. The van der Waals surface area contributed by atoms with Gasteiger partial charge in [-0.25, -0.2) is 0 Å². The molecule has 0 spiro atoms. The molecule has 0 aliphatic heterocycles. The van der Waals surface area contributed by atoms with Crippen LogP contribution in [0.2, 0.25) is 0 Å². The number of aliphatic hydroxyl groups is 1. The molecule has 1 heterocycles. The van der Waals surface area contributed by atoms with Crippen LogP contribution in [0, 0.1) is 0 Å². The van der Waals surface area contributed by atoms with Crippen LogP contribution in [0.1, 0.15) is 16.8 Å². The van der Waals surface area contributed by atoms with E-state index in [4.69, 9.17) is 19.0 Å². The van der Waals surface area contributed by atoms with Gasteiger partial charge in [-0.05, 0) is 29.8 Å². The van der Waals surface area contributed by atoms with Gasteiger partial charge in [0.25, 0.3) is 0 Å². The number of ketones is 1. The van der Waals surface area contributed by atoms with E-state index in [0.29, 0.717) is 22.3 Å². The third kappa shape index (κ3) is 3.07. The zero-order chi connectivity index (χ0) is 18.7. The SMILES string of the molecule is COc1ccc(-c2coc3c(OC)c(C(=O)CCO)ccc3c2=O)cc1. The van der Waals surface area contributed by atoms with Crippen LogP contribution < -0.4 is 14.9 Å². The summed E-state index contributed by atoms with van der Waals surface area (Å²) in [6, 6.07) is 10.1. The number of fused-ring (bicyclic) bond motifs is 1. The zero-order valence-electron chi connectivity index (χ0n) is 14.4. The number of methoxy groups -OCH3 is 2. The highest BCUT2D eigenvalue weighted by Gasteiger charge is 2.19. The van der Waals surface area contributed by atoms with Gasteiger partial charge in [0, 0.05) is 6.42 Å². The third-order valence-corrected chi connectivity index (χ3v) is 4.14. The number of rotatable bonds is 6. The molecule has 6 heteroatoms. The molecule has 0 atom stereocenters. The number of carbonyl (C=O) groups is 1. The molecule has 134 valence electrons. The van der Waals surface area contributed by atoms with Crippen molar-refractivity contribution in [2.75, 3.05) is 20.8 Å². The number of ether oxygens (including phenoxy) is 2. The van der Waals surface area contributed by atoms with Gasteiger partial charge in [0.1, 0.15) is 12.0 Å². The first kappa shape index (κ1) is 17.7. The smallest absolute Gasteiger partial charge is 0.200 e. The molecule has 3 rings (SSSR count). The highest BCUT2D eigenvalue weighted by Crippen LogP contribution is 2.31. The fourth-order valence-electron chi connectivity index (χ4n) is 2.80. The lowest BCUT2D eigenvalue weighted by Crippen LogP contribution is -2.09. The Hall–Kier alpha value is -3.12. The van der Waals surface area contributed by atoms with Crippen molar-refractivity contribution in [3.8, 4) is 22.6 Å². The van der Waals surface area contributed by atoms with Crippen molar-refractivity contribution >= 4 is 16.8 Å². The molecule has 2 aromatic carbocycles. The third-order valence-electron chi connectivity index (χ3n) is 4.14. The largest absolute Gasteiger partial charge is 0.497 e. The van der Waals surface area contributed by atoms with E-state index in [2.05, 4.69) is 0 Å². The van der Waals surface area contributed by atoms with E-state index in [1.54, 1.807) is 37.4 Å². The van der Waals surface area contributed by atoms with Gasteiger partial charge >= 0.3 is 0 Å². The molecule has 0 saturated heterocycles. The number of carbonyl (C=O) groups excluding carboxylic acids is 1. The molecule has 3 aromatic rings. The Morgan fingerprint density at radius 1 is 1.08 bits per heavy atom. The van der Waals surface area contributed by atoms with Crippen molar-refractivity contribution in [2.24, 2.45) is 0 Å². The average Bonchev–Trinajstić information content (AvgIpc) is 2.67. The Labute approximate surface area is 149 Å². The van der Waals surface area contributed by atoms with Gasteiger partial charge in [-0.3, -0.25) is 9.59 Å². The normalized spacial score (nSPS) is 10.7. The fraction of sp³-hybridized carbons (Fsp3) is 0.200. The summed E-state index contributed by atoms with van der Waals surface area (Å²) >= 11 is 0. The maximum atomic E-state index is 12.9. The Kier molecular flexibility index (Phi) is 5.04. The van der Waals surface area contributed by atoms with E-state index in [0.717, 1.165) is 0 Å². The van der Waals surface area contributed by atoms with Gasteiger partial charge in [-0.1, -0.05) is 12.1 Å². The van der Waals surface area contributed by atoms with Crippen molar-refractivity contribution < 1.29 is 23.8 Å². The van der Waals surface area contributed by atoms with Crippen molar-refractivity contribution in [1.29, 1.82) is 0 Å². The Morgan fingerprint density at radius 3 is 2.42 bits per heavy atom. The van der Waals surface area contributed by atoms with Gasteiger partial charge in [0.15, 0.2) is 17.1 Å². The van der Waals surface area contributed by atoms with Crippen LogP contribution in [-0.4, -0.2) is 31.7 Å². The minimum absolute atomic E-state index is 0.0317. The Morgan fingerprint density at radius 2 is 1.81 bits per heavy atom.